The highest BCUT2D eigenvalue weighted by molar-refractivity contribution is 7.64. The van der Waals surface area contributed by atoms with Crippen LogP contribution >= 0.6 is 7.92 Å². The first-order valence-corrected chi connectivity index (χ1v) is 14.5. The zero-order valence-electron chi connectivity index (χ0n) is 21.4. The monoisotopic (exact) mass is 492 g/mol. The van der Waals surface area contributed by atoms with Gasteiger partial charge in [-0.2, -0.15) is 5.26 Å². The molecule has 2 fully saturated rings. The van der Waals surface area contributed by atoms with Crippen molar-refractivity contribution in [3.63, 3.8) is 0 Å². The third kappa shape index (κ3) is 7.24. The van der Waals surface area contributed by atoms with Crippen LogP contribution in [-0.2, 0) is 10.9 Å². The zero-order chi connectivity index (χ0) is 25.0. The number of hydrogen-bond acceptors (Lipinski definition) is 5. The Bertz CT molecular complexity index is 1050. The van der Waals surface area contributed by atoms with Crippen LogP contribution in [-0.4, -0.2) is 45.8 Å². The number of nitriles is 1. The zero-order valence-corrected chi connectivity index (χ0v) is 22.3. The Morgan fingerprint density at radius 1 is 1.20 bits per heavy atom. The van der Waals surface area contributed by atoms with Gasteiger partial charge in [0.05, 0.1) is 5.44 Å². The molecule has 35 heavy (non-hydrogen) atoms. The molecule has 3 unspecified atom stereocenters. The molecule has 2 aliphatic rings. The summed E-state index contributed by atoms with van der Waals surface area (Å²) in [4.78, 5) is 23.3. The molecule has 0 radical (unpaired) electrons. The number of amides is 1. The minimum absolute atomic E-state index is 0.174. The number of nitrogens with zero attached hydrogens (tertiary/aromatic N) is 4. The second-order valence-corrected chi connectivity index (χ2v) is 13.2. The lowest BCUT2D eigenvalue weighted by Gasteiger charge is -2.33. The number of carbonyl (C=O) groups excluding carboxylic acids is 1. The van der Waals surface area contributed by atoms with E-state index in [1.54, 1.807) is 0 Å². The van der Waals surface area contributed by atoms with Gasteiger partial charge in [0.15, 0.2) is 0 Å². The summed E-state index contributed by atoms with van der Waals surface area (Å²) < 4.78 is 5.55. The fourth-order valence-electron chi connectivity index (χ4n) is 5.19. The summed E-state index contributed by atoms with van der Waals surface area (Å²) in [6.07, 6.45) is 6.61. The van der Waals surface area contributed by atoms with Gasteiger partial charge in [-0.3, -0.25) is 0 Å². The lowest BCUT2D eigenvalue weighted by molar-refractivity contribution is 0.0174. The van der Waals surface area contributed by atoms with E-state index >= 15 is 0 Å². The van der Waals surface area contributed by atoms with E-state index in [1.807, 2.05) is 38.7 Å². The molecule has 0 N–H and O–H groups in total. The summed E-state index contributed by atoms with van der Waals surface area (Å²) in [5.41, 5.74) is 2.41. The molecular formula is C28H37N4O2P. The largest absolute Gasteiger partial charge is 0.444 e. The highest BCUT2D eigenvalue weighted by Crippen LogP contribution is 2.52. The molecule has 0 bridgehead atoms. The van der Waals surface area contributed by atoms with Gasteiger partial charge >= 0.3 is 6.09 Å². The summed E-state index contributed by atoms with van der Waals surface area (Å²) in [5.74, 6) is 2.95. The van der Waals surface area contributed by atoms with Gasteiger partial charge < -0.3 is 9.64 Å². The first-order chi connectivity index (χ1) is 16.7. The molecule has 1 aliphatic heterocycles. The van der Waals surface area contributed by atoms with Crippen LogP contribution in [0.15, 0.2) is 36.4 Å². The van der Waals surface area contributed by atoms with Crippen molar-refractivity contribution in [2.24, 2.45) is 17.8 Å². The Kier molecular flexibility index (Phi) is 8.07. The maximum Gasteiger partial charge on any atom is 0.410 e. The maximum atomic E-state index is 12.4. The molecule has 1 saturated heterocycles. The van der Waals surface area contributed by atoms with Gasteiger partial charge in [0, 0.05) is 19.2 Å². The fourth-order valence-corrected chi connectivity index (χ4v) is 7.62. The number of ether oxygens (including phenoxy) is 1. The minimum atomic E-state index is -0.500. The average Bonchev–Trinajstić information content (AvgIpc) is 3.60. The van der Waals surface area contributed by atoms with Gasteiger partial charge in [0.2, 0.25) is 0 Å². The van der Waals surface area contributed by atoms with Crippen molar-refractivity contribution in [1.29, 1.82) is 5.26 Å². The number of aryl methyl sites for hydroxylation is 1. The standard InChI is InChI=1S/C28H37N4O2P/c1-20-30-24(18-29)17-26(31-20)35(19-21-8-6-5-7-9-21)15-12-23-16-25(23)22-10-13-32(14-11-22)27(33)34-28(2,3)4/h5-9,17,22-23,25H,10-16,19H2,1-4H3. The van der Waals surface area contributed by atoms with Crippen LogP contribution in [0.3, 0.4) is 0 Å². The van der Waals surface area contributed by atoms with Gasteiger partial charge in [-0.1, -0.05) is 38.3 Å². The lowest BCUT2D eigenvalue weighted by Crippen LogP contribution is -2.42. The van der Waals surface area contributed by atoms with Crippen molar-refractivity contribution >= 4 is 19.4 Å². The molecule has 1 aliphatic carbocycles. The van der Waals surface area contributed by atoms with Crippen molar-refractivity contribution in [2.75, 3.05) is 19.3 Å². The number of piperidine rings is 1. The third-order valence-corrected chi connectivity index (χ3v) is 9.45. The summed E-state index contributed by atoms with van der Waals surface area (Å²) in [7, 11) is -0.500. The Labute approximate surface area is 210 Å². The van der Waals surface area contributed by atoms with Gasteiger partial charge in [-0.25, -0.2) is 14.8 Å². The third-order valence-electron chi connectivity index (χ3n) is 7.02. The van der Waals surface area contributed by atoms with Crippen LogP contribution in [0.25, 0.3) is 0 Å². The molecule has 3 atom stereocenters. The number of likely N-dealkylation sites (tertiary alicyclic amines) is 1. The first kappa shape index (κ1) is 25.6. The molecule has 2 heterocycles. The Balaban J connectivity index is 1.33. The Morgan fingerprint density at radius 3 is 2.57 bits per heavy atom. The summed E-state index contributed by atoms with van der Waals surface area (Å²) >= 11 is 0. The van der Waals surface area contributed by atoms with Crippen LogP contribution in [0, 0.1) is 36.0 Å². The van der Waals surface area contributed by atoms with E-state index in [4.69, 9.17) is 9.72 Å². The van der Waals surface area contributed by atoms with Crippen molar-refractivity contribution in [3.05, 3.63) is 53.5 Å². The van der Waals surface area contributed by atoms with Crippen LogP contribution in [0.4, 0.5) is 4.79 Å². The second-order valence-electron chi connectivity index (χ2n) is 10.9. The SMILES string of the molecule is Cc1nc(C#N)cc(P(CCC2CC2C2CCN(C(=O)OC(C)(C)C)CC2)Cc2ccccc2)n1. The quantitative estimate of drug-likeness (QED) is 0.468. The molecule has 1 amide bonds. The predicted octanol–water partition coefficient (Wildman–Crippen LogP) is 5.64. The number of carbonyl (C=O) groups is 1. The molecule has 0 spiro atoms. The lowest BCUT2D eigenvalue weighted by atomic mass is 9.91. The number of hydrogen-bond donors (Lipinski definition) is 0. The highest BCUT2D eigenvalue weighted by Gasteiger charge is 2.44. The van der Waals surface area contributed by atoms with E-state index in [0.717, 1.165) is 55.5 Å². The summed E-state index contributed by atoms with van der Waals surface area (Å²) in [6, 6.07) is 14.7. The van der Waals surface area contributed by atoms with Crippen molar-refractivity contribution in [3.8, 4) is 6.07 Å². The van der Waals surface area contributed by atoms with E-state index in [0.29, 0.717) is 17.4 Å². The van der Waals surface area contributed by atoms with E-state index in [-0.39, 0.29) is 6.09 Å². The van der Waals surface area contributed by atoms with Crippen LogP contribution in [0.2, 0.25) is 0 Å². The highest BCUT2D eigenvalue weighted by atomic mass is 31.1. The Morgan fingerprint density at radius 2 is 1.91 bits per heavy atom. The van der Waals surface area contributed by atoms with Crippen LogP contribution in [0.1, 0.15) is 63.5 Å². The molecule has 6 nitrogen and oxygen atoms in total. The fraction of sp³-hybridized carbons (Fsp3) is 0.571. The average molecular weight is 493 g/mol. The maximum absolute atomic E-state index is 12.4. The molecule has 7 heteroatoms. The minimum Gasteiger partial charge on any atom is -0.444 e. The summed E-state index contributed by atoms with van der Waals surface area (Å²) in [5, 5.41) is 9.41. The molecule has 4 rings (SSSR count). The van der Waals surface area contributed by atoms with Gasteiger partial charge in [0.1, 0.15) is 23.2 Å². The number of rotatable bonds is 7. The first-order valence-electron chi connectivity index (χ1n) is 12.7. The summed E-state index contributed by atoms with van der Waals surface area (Å²) in [6.45, 7) is 9.25. The smallest absolute Gasteiger partial charge is 0.410 e. The van der Waals surface area contributed by atoms with Crippen molar-refractivity contribution in [2.45, 2.75) is 65.1 Å². The van der Waals surface area contributed by atoms with Gasteiger partial charge in [-0.05, 0) is 89.0 Å². The number of aromatic nitrogens is 2. The predicted molar refractivity (Wildman–Crippen MR) is 140 cm³/mol. The Hall–Kier alpha value is -2.51. The normalized spacial score (nSPS) is 21.3. The van der Waals surface area contributed by atoms with Crippen LogP contribution < -0.4 is 5.44 Å². The van der Waals surface area contributed by atoms with E-state index < -0.39 is 13.5 Å². The van der Waals surface area contributed by atoms with Crippen molar-refractivity contribution < 1.29 is 9.53 Å². The molecule has 1 aromatic carbocycles. The molecule has 1 aromatic heterocycles. The van der Waals surface area contributed by atoms with E-state index in [1.165, 1.54) is 18.4 Å². The van der Waals surface area contributed by atoms with Gasteiger partial charge in [0.25, 0.3) is 0 Å². The van der Waals surface area contributed by atoms with Crippen molar-refractivity contribution in [1.82, 2.24) is 14.9 Å². The molecule has 2 aromatic rings. The molecular weight excluding hydrogens is 455 g/mol. The molecule has 186 valence electrons. The molecule has 1 saturated carbocycles. The van der Waals surface area contributed by atoms with E-state index in [9.17, 15) is 10.1 Å². The second kappa shape index (κ2) is 11.0. The van der Waals surface area contributed by atoms with Gasteiger partial charge in [-0.15, -0.1) is 0 Å². The number of benzene rings is 1. The van der Waals surface area contributed by atoms with Crippen LogP contribution in [0.5, 0.6) is 0 Å². The topological polar surface area (TPSA) is 79.1 Å². The van der Waals surface area contributed by atoms with E-state index in [2.05, 4.69) is 41.4 Å².